The molecule has 7 heteroatoms. The SMILES string of the molecule is CNc1nccc(C(=O)NCC(C)S(C)=O)c1F. The van der Waals surface area contributed by atoms with E-state index in [1.807, 2.05) is 0 Å². The predicted molar refractivity (Wildman–Crippen MR) is 69.6 cm³/mol. The molecule has 2 unspecified atom stereocenters. The second-order valence-electron chi connectivity index (χ2n) is 3.79. The number of rotatable bonds is 5. The van der Waals surface area contributed by atoms with Gasteiger partial charge in [-0.3, -0.25) is 9.00 Å². The summed E-state index contributed by atoms with van der Waals surface area (Å²) in [7, 11) is 0.496. The molecular weight excluding hydrogens is 257 g/mol. The fourth-order valence-electron chi connectivity index (χ4n) is 1.24. The fourth-order valence-corrected chi connectivity index (χ4v) is 1.56. The number of carbonyl (C=O) groups is 1. The molecule has 1 aromatic heterocycles. The number of nitrogens with one attached hydrogen (secondary N) is 2. The Morgan fingerprint density at radius 3 is 2.83 bits per heavy atom. The average molecular weight is 273 g/mol. The van der Waals surface area contributed by atoms with Gasteiger partial charge in [0.2, 0.25) is 0 Å². The van der Waals surface area contributed by atoms with E-state index in [1.165, 1.54) is 19.3 Å². The molecule has 1 heterocycles. The molecule has 0 aliphatic rings. The zero-order valence-electron chi connectivity index (χ0n) is 10.5. The molecule has 1 amide bonds. The quantitative estimate of drug-likeness (QED) is 0.831. The summed E-state index contributed by atoms with van der Waals surface area (Å²) in [6, 6.07) is 1.30. The molecule has 0 saturated heterocycles. The minimum atomic E-state index is -1.03. The molecule has 0 aliphatic heterocycles. The summed E-state index contributed by atoms with van der Waals surface area (Å²) >= 11 is 0. The van der Waals surface area contributed by atoms with Gasteiger partial charge in [-0.1, -0.05) is 0 Å². The van der Waals surface area contributed by atoms with Crippen molar-refractivity contribution >= 4 is 22.5 Å². The number of aromatic nitrogens is 1. The first-order chi connectivity index (χ1) is 8.47. The molecule has 0 spiro atoms. The van der Waals surface area contributed by atoms with Crippen LogP contribution in [0.2, 0.25) is 0 Å². The Balaban J connectivity index is 2.76. The van der Waals surface area contributed by atoms with E-state index in [0.717, 1.165) is 0 Å². The van der Waals surface area contributed by atoms with Crippen molar-refractivity contribution in [1.82, 2.24) is 10.3 Å². The minimum Gasteiger partial charge on any atom is -0.371 e. The van der Waals surface area contributed by atoms with Crippen molar-refractivity contribution < 1.29 is 13.4 Å². The third-order valence-corrected chi connectivity index (χ3v) is 3.79. The van der Waals surface area contributed by atoms with Crippen LogP contribution in [0.1, 0.15) is 17.3 Å². The van der Waals surface area contributed by atoms with Gasteiger partial charge in [0.15, 0.2) is 11.6 Å². The summed E-state index contributed by atoms with van der Waals surface area (Å²) in [5.41, 5.74) is -0.0802. The lowest BCUT2D eigenvalue weighted by atomic mass is 10.2. The maximum Gasteiger partial charge on any atom is 0.254 e. The average Bonchev–Trinajstić information content (AvgIpc) is 2.35. The normalized spacial score (nSPS) is 13.8. The second-order valence-corrected chi connectivity index (χ2v) is 5.59. The summed E-state index contributed by atoms with van der Waals surface area (Å²) in [4.78, 5) is 15.5. The van der Waals surface area contributed by atoms with Gasteiger partial charge in [-0.25, -0.2) is 9.37 Å². The first kappa shape index (κ1) is 14.6. The number of carbonyl (C=O) groups excluding carboxylic acids is 1. The van der Waals surface area contributed by atoms with Gasteiger partial charge in [0.1, 0.15) is 0 Å². The molecule has 1 rings (SSSR count). The Labute approximate surface area is 108 Å². The molecule has 0 radical (unpaired) electrons. The number of hydrogen-bond acceptors (Lipinski definition) is 4. The van der Waals surface area contributed by atoms with Crippen molar-refractivity contribution in [3.63, 3.8) is 0 Å². The largest absolute Gasteiger partial charge is 0.371 e. The summed E-state index contributed by atoms with van der Waals surface area (Å²) in [6.45, 7) is 1.98. The van der Waals surface area contributed by atoms with Crippen molar-refractivity contribution in [2.75, 3.05) is 25.2 Å². The van der Waals surface area contributed by atoms with E-state index in [9.17, 15) is 13.4 Å². The Bertz CT molecular complexity index is 468. The van der Waals surface area contributed by atoms with E-state index in [2.05, 4.69) is 15.6 Å². The third-order valence-electron chi connectivity index (χ3n) is 2.49. The Hall–Kier alpha value is -1.50. The molecule has 18 heavy (non-hydrogen) atoms. The molecule has 1 aromatic rings. The van der Waals surface area contributed by atoms with E-state index in [4.69, 9.17) is 0 Å². The molecule has 2 atom stereocenters. The highest BCUT2D eigenvalue weighted by Gasteiger charge is 2.16. The van der Waals surface area contributed by atoms with Crippen LogP contribution >= 0.6 is 0 Å². The van der Waals surface area contributed by atoms with Crippen LogP contribution in [0.25, 0.3) is 0 Å². The first-order valence-corrected chi connectivity index (χ1v) is 7.02. The van der Waals surface area contributed by atoms with Gasteiger partial charge >= 0.3 is 0 Å². The monoisotopic (exact) mass is 273 g/mol. The number of hydrogen-bond donors (Lipinski definition) is 2. The van der Waals surface area contributed by atoms with Crippen LogP contribution in [0.3, 0.4) is 0 Å². The standard InChI is InChI=1S/C11H16FN3O2S/c1-7(18(3)17)6-15-11(16)8-4-5-14-10(13-2)9(8)12/h4-5,7H,6H2,1-3H3,(H,13,14)(H,15,16). The fraction of sp³-hybridized carbons (Fsp3) is 0.455. The maximum atomic E-state index is 13.8. The van der Waals surface area contributed by atoms with E-state index in [1.54, 1.807) is 13.2 Å². The molecular formula is C11H16FN3O2S. The Morgan fingerprint density at radius 2 is 2.28 bits per heavy atom. The predicted octanol–water partition coefficient (Wildman–Crippen LogP) is 0.759. The van der Waals surface area contributed by atoms with Crippen LogP contribution < -0.4 is 10.6 Å². The summed E-state index contributed by atoms with van der Waals surface area (Å²) in [5, 5.41) is 4.93. The van der Waals surface area contributed by atoms with Crippen molar-refractivity contribution in [3.8, 4) is 0 Å². The van der Waals surface area contributed by atoms with Gasteiger partial charge in [0.25, 0.3) is 5.91 Å². The molecule has 2 N–H and O–H groups in total. The Morgan fingerprint density at radius 1 is 1.61 bits per heavy atom. The van der Waals surface area contributed by atoms with E-state index in [0.29, 0.717) is 0 Å². The van der Waals surface area contributed by atoms with Crippen LogP contribution in [-0.2, 0) is 10.8 Å². The summed E-state index contributed by atoms with van der Waals surface area (Å²) in [6.07, 6.45) is 2.91. The lowest BCUT2D eigenvalue weighted by Crippen LogP contribution is -2.33. The number of nitrogens with zero attached hydrogens (tertiary/aromatic N) is 1. The van der Waals surface area contributed by atoms with Crippen molar-refractivity contribution in [3.05, 3.63) is 23.6 Å². The molecule has 0 bridgehead atoms. The third kappa shape index (κ3) is 3.49. The molecule has 100 valence electrons. The van der Waals surface area contributed by atoms with Crippen LogP contribution in [0.4, 0.5) is 10.2 Å². The van der Waals surface area contributed by atoms with Crippen LogP contribution in [0.5, 0.6) is 0 Å². The highest BCUT2D eigenvalue weighted by atomic mass is 32.2. The van der Waals surface area contributed by atoms with E-state index >= 15 is 0 Å². The lowest BCUT2D eigenvalue weighted by molar-refractivity contribution is 0.0950. The molecule has 0 aromatic carbocycles. The topological polar surface area (TPSA) is 71.1 Å². The number of anilines is 1. The van der Waals surface area contributed by atoms with Crippen molar-refractivity contribution in [2.45, 2.75) is 12.2 Å². The highest BCUT2D eigenvalue weighted by molar-refractivity contribution is 7.84. The molecule has 0 fully saturated rings. The van der Waals surface area contributed by atoms with Gasteiger partial charge in [-0.05, 0) is 13.0 Å². The molecule has 0 aliphatic carbocycles. The zero-order chi connectivity index (χ0) is 13.7. The smallest absolute Gasteiger partial charge is 0.254 e. The van der Waals surface area contributed by atoms with Crippen molar-refractivity contribution in [1.29, 1.82) is 0 Å². The van der Waals surface area contributed by atoms with E-state index in [-0.39, 0.29) is 23.2 Å². The minimum absolute atomic E-state index is 0.0229. The van der Waals surface area contributed by atoms with Gasteiger partial charge in [0, 0.05) is 42.1 Å². The van der Waals surface area contributed by atoms with Crippen LogP contribution in [0.15, 0.2) is 12.3 Å². The number of amides is 1. The second kappa shape index (κ2) is 6.44. The van der Waals surface area contributed by atoms with Gasteiger partial charge in [-0.15, -0.1) is 0 Å². The van der Waals surface area contributed by atoms with E-state index < -0.39 is 22.5 Å². The van der Waals surface area contributed by atoms with Gasteiger partial charge in [0.05, 0.1) is 5.56 Å². The Kier molecular flexibility index (Phi) is 5.21. The molecule has 5 nitrogen and oxygen atoms in total. The zero-order valence-corrected chi connectivity index (χ0v) is 11.3. The van der Waals surface area contributed by atoms with Gasteiger partial charge in [-0.2, -0.15) is 0 Å². The van der Waals surface area contributed by atoms with Gasteiger partial charge < -0.3 is 10.6 Å². The summed E-state index contributed by atoms with van der Waals surface area (Å²) < 4.78 is 24.9. The lowest BCUT2D eigenvalue weighted by Gasteiger charge is -2.11. The van der Waals surface area contributed by atoms with Crippen molar-refractivity contribution in [2.24, 2.45) is 0 Å². The van der Waals surface area contributed by atoms with Crippen LogP contribution in [-0.4, -0.2) is 40.2 Å². The first-order valence-electron chi connectivity index (χ1n) is 5.40. The molecule has 0 saturated carbocycles. The van der Waals surface area contributed by atoms with Crippen LogP contribution in [0, 0.1) is 5.82 Å². The number of halogens is 1. The number of pyridine rings is 1. The summed E-state index contributed by atoms with van der Waals surface area (Å²) in [5.74, 6) is -1.21. The maximum absolute atomic E-state index is 13.8. The highest BCUT2D eigenvalue weighted by Crippen LogP contribution is 2.14.